The average molecular weight is 450 g/mol. The lowest BCUT2D eigenvalue weighted by molar-refractivity contribution is -0.275. The van der Waals surface area contributed by atoms with Crippen molar-refractivity contribution in [1.82, 2.24) is 19.7 Å². The molecule has 1 heterocycles. The summed E-state index contributed by atoms with van der Waals surface area (Å²) in [6.45, 7) is 2.03. The highest BCUT2D eigenvalue weighted by molar-refractivity contribution is 7.99. The van der Waals surface area contributed by atoms with Gasteiger partial charge in [0, 0.05) is 19.2 Å². The van der Waals surface area contributed by atoms with Gasteiger partial charge >= 0.3 is 6.36 Å². The minimum atomic E-state index is -4.80. The molecule has 0 bridgehead atoms. The summed E-state index contributed by atoms with van der Waals surface area (Å²) in [5, 5.41) is 8.61. The van der Waals surface area contributed by atoms with E-state index in [9.17, 15) is 18.0 Å². The van der Waals surface area contributed by atoms with E-state index in [1.54, 1.807) is 12.4 Å². The van der Waals surface area contributed by atoms with Gasteiger partial charge in [-0.05, 0) is 24.1 Å². The minimum absolute atomic E-state index is 0.0169. The first kappa shape index (κ1) is 22.7. The molecule has 0 saturated carbocycles. The maximum absolute atomic E-state index is 12.6. The van der Waals surface area contributed by atoms with E-state index in [2.05, 4.69) is 21.9 Å². The van der Waals surface area contributed by atoms with E-state index in [0.29, 0.717) is 5.16 Å². The van der Waals surface area contributed by atoms with Crippen molar-refractivity contribution in [2.75, 3.05) is 12.8 Å². The molecule has 3 aromatic rings. The number of para-hydroxylation sites is 2. The van der Waals surface area contributed by atoms with E-state index in [4.69, 9.17) is 0 Å². The number of ether oxygens (including phenoxy) is 1. The average Bonchev–Trinajstić information content (AvgIpc) is 3.20. The number of nitrogens with zero attached hydrogens (tertiary/aromatic N) is 4. The number of halogens is 3. The number of benzene rings is 2. The zero-order valence-electron chi connectivity index (χ0n) is 17.0. The van der Waals surface area contributed by atoms with Crippen molar-refractivity contribution in [3.8, 4) is 11.4 Å². The number of thioether (sulfide) groups is 1. The van der Waals surface area contributed by atoms with E-state index >= 15 is 0 Å². The summed E-state index contributed by atoms with van der Waals surface area (Å²) >= 11 is 1.22. The lowest BCUT2D eigenvalue weighted by Crippen LogP contribution is -2.28. The second kappa shape index (κ2) is 9.86. The Morgan fingerprint density at radius 1 is 1.13 bits per heavy atom. The zero-order chi connectivity index (χ0) is 22.4. The van der Waals surface area contributed by atoms with Crippen LogP contribution in [0.3, 0.4) is 0 Å². The van der Waals surface area contributed by atoms with Crippen molar-refractivity contribution in [2.24, 2.45) is 0 Å². The van der Waals surface area contributed by atoms with Crippen molar-refractivity contribution in [2.45, 2.75) is 31.4 Å². The van der Waals surface area contributed by atoms with Crippen molar-refractivity contribution in [1.29, 1.82) is 0 Å². The molecule has 164 valence electrons. The van der Waals surface area contributed by atoms with E-state index in [0.717, 1.165) is 17.7 Å². The Hall–Kier alpha value is -3.01. The maximum Gasteiger partial charge on any atom is 0.573 e. The van der Waals surface area contributed by atoms with Gasteiger partial charge in [0.25, 0.3) is 0 Å². The molecule has 1 amide bonds. The molecule has 0 aliphatic carbocycles. The van der Waals surface area contributed by atoms with Gasteiger partial charge in [0.2, 0.25) is 5.91 Å². The second-order valence-corrected chi connectivity index (χ2v) is 7.60. The number of carbonyl (C=O) groups is 1. The molecule has 0 aliphatic heterocycles. The van der Waals surface area contributed by atoms with E-state index in [-0.39, 0.29) is 29.5 Å². The van der Waals surface area contributed by atoms with Crippen LogP contribution in [0.15, 0.2) is 60.0 Å². The molecule has 0 saturated heterocycles. The molecular weight excluding hydrogens is 429 g/mol. The van der Waals surface area contributed by atoms with Crippen LogP contribution in [0.5, 0.6) is 5.75 Å². The van der Waals surface area contributed by atoms with Crippen LogP contribution in [0.1, 0.15) is 18.1 Å². The summed E-state index contributed by atoms with van der Waals surface area (Å²) in [7, 11) is 1.53. The summed E-state index contributed by atoms with van der Waals surface area (Å²) < 4.78 is 43.7. The lowest BCUT2D eigenvalue weighted by atomic mass is 10.1. The molecule has 10 heteroatoms. The smallest absolute Gasteiger partial charge is 0.405 e. The SMILES string of the molecule is CCc1ccccc1-n1cnnc1SCC(=O)N(C)Cc1ccccc1OC(F)(F)F. The molecule has 0 spiro atoms. The fourth-order valence-electron chi connectivity index (χ4n) is 2.97. The standard InChI is InChI=1S/C21H21F3N4O2S/c1-3-15-8-4-6-10-17(15)28-14-25-26-20(28)31-13-19(29)27(2)12-16-9-5-7-11-18(16)30-21(22,23)24/h4-11,14H,3,12-13H2,1-2H3. The fraction of sp³-hybridized carbons (Fsp3) is 0.286. The molecule has 3 rings (SSSR count). The van der Waals surface area contributed by atoms with Gasteiger partial charge in [-0.3, -0.25) is 9.36 Å². The Bertz CT molecular complexity index is 1040. The summed E-state index contributed by atoms with van der Waals surface area (Å²) in [4.78, 5) is 13.9. The molecule has 2 aromatic carbocycles. The fourth-order valence-corrected chi connectivity index (χ4v) is 3.83. The first-order chi connectivity index (χ1) is 14.8. The summed E-state index contributed by atoms with van der Waals surface area (Å²) in [6.07, 6.45) is -2.37. The van der Waals surface area contributed by atoms with Crippen molar-refractivity contribution in [3.05, 3.63) is 66.0 Å². The minimum Gasteiger partial charge on any atom is -0.405 e. The molecule has 0 radical (unpaired) electrons. The van der Waals surface area contributed by atoms with Gasteiger partial charge in [0.15, 0.2) is 5.16 Å². The van der Waals surface area contributed by atoms with Crippen LogP contribution in [0.2, 0.25) is 0 Å². The van der Waals surface area contributed by atoms with Gasteiger partial charge in [-0.15, -0.1) is 23.4 Å². The highest BCUT2D eigenvalue weighted by Gasteiger charge is 2.32. The van der Waals surface area contributed by atoms with Gasteiger partial charge in [-0.25, -0.2) is 0 Å². The highest BCUT2D eigenvalue weighted by Crippen LogP contribution is 2.27. The normalized spacial score (nSPS) is 11.4. The molecule has 0 aliphatic rings. The number of amides is 1. The van der Waals surface area contributed by atoms with Crippen molar-refractivity contribution < 1.29 is 22.7 Å². The number of alkyl halides is 3. The van der Waals surface area contributed by atoms with Crippen LogP contribution < -0.4 is 4.74 Å². The Morgan fingerprint density at radius 2 is 1.81 bits per heavy atom. The molecule has 0 atom stereocenters. The number of aryl methyl sites for hydroxylation is 1. The van der Waals surface area contributed by atoms with Gasteiger partial charge < -0.3 is 9.64 Å². The third-order valence-electron chi connectivity index (χ3n) is 4.50. The van der Waals surface area contributed by atoms with Crippen molar-refractivity contribution >= 4 is 17.7 Å². The van der Waals surface area contributed by atoms with Crippen LogP contribution in [-0.4, -0.2) is 44.7 Å². The van der Waals surface area contributed by atoms with Gasteiger partial charge in [-0.2, -0.15) is 0 Å². The Labute approximate surface area is 182 Å². The largest absolute Gasteiger partial charge is 0.573 e. The first-order valence-electron chi connectivity index (χ1n) is 9.47. The van der Waals surface area contributed by atoms with Gasteiger partial charge in [0.1, 0.15) is 12.1 Å². The van der Waals surface area contributed by atoms with Crippen LogP contribution in [-0.2, 0) is 17.8 Å². The topological polar surface area (TPSA) is 60.2 Å². The Morgan fingerprint density at radius 3 is 2.52 bits per heavy atom. The predicted molar refractivity (Wildman–Crippen MR) is 111 cm³/mol. The third kappa shape index (κ3) is 6.00. The molecule has 6 nitrogen and oxygen atoms in total. The lowest BCUT2D eigenvalue weighted by Gasteiger charge is -2.20. The Balaban J connectivity index is 1.66. The number of rotatable bonds is 8. The van der Waals surface area contributed by atoms with Crippen LogP contribution in [0.25, 0.3) is 5.69 Å². The maximum atomic E-state index is 12.6. The van der Waals surface area contributed by atoms with Crippen LogP contribution in [0, 0.1) is 0 Å². The summed E-state index contributed by atoms with van der Waals surface area (Å²) in [6, 6.07) is 13.6. The first-order valence-corrected chi connectivity index (χ1v) is 10.5. The summed E-state index contributed by atoms with van der Waals surface area (Å²) in [5.41, 5.74) is 2.33. The monoisotopic (exact) mass is 450 g/mol. The van der Waals surface area contributed by atoms with Crippen LogP contribution >= 0.6 is 11.8 Å². The molecule has 1 aromatic heterocycles. The molecule has 0 unspecified atom stereocenters. The van der Waals surface area contributed by atoms with Crippen LogP contribution in [0.4, 0.5) is 13.2 Å². The zero-order valence-corrected chi connectivity index (χ0v) is 17.8. The second-order valence-electron chi connectivity index (χ2n) is 6.66. The highest BCUT2D eigenvalue weighted by atomic mass is 32.2. The molecule has 0 fully saturated rings. The van der Waals surface area contributed by atoms with Crippen molar-refractivity contribution in [3.63, 3.8) is 0 Å². The molecule has 0 N–H and O–H groups in total. The van der Waals surface area contributed by atoms with E-state index in [1.807, 2.05) is 28.8 Å². The predicted octanol–water partition coefficient (Wildman–Crippen LogP) is 4.48. The molecular formula is C21H21F3N4O2S. The molecule has 31 heavy (non-hydrogen) atoms. The van der Waals surface area contributed by atoms with Gasteiger partial charge in [0.05, 0.1) is 11.4 Å². The van der Waals surface area contributed by atoms with Gasteiger partial charge in [-0.1, -0.05) is 55.1 Å². The number of carbonyl (C=O) groups excluding carboxylic acids is 1. The third-order valence-corrected chi connectivity index (χ3v) is 5.43. The summed E-state index contributed by atoms with van der Waals surface area (Å²) in [5.74, 6) is -0.519. The van der Waals surface area contributed by atoms with E-state index in [1.165, 1.54) is 41.9 Å². The Kier molecular flexibility index (Phi) is 7.21. The quantitative estimate of drug-likeness (QED) is 0.474. The number of hydrogen-bond acceptors (Lipinski definition) is 5. The van der Waals surface area contributed by atoms with E-state index < -0.39 is 6.36 Å². The number of aromatic nitrogens is 3. The number of hydrogen-bond donors (Lipinski definition) is 0.